The zero-order chi connectivity index (χ0) is 14.3. The van der Waals surface area contributed by atoms with Crippen LogP contribution in [0.1, 0.15) is 0 Å². The molecule has 0 N–H and O–H groups in total. The van der Waals surface area contributed by atoms with E-state index in [-0.39, 0.29) is 11.0 Å². The molecule has 0 fully saturated rings. The van der Waals surface area contributed by atoms with Gasteiger partial charge in [-0.2, -0.15) is 0 Å². The van der Waals surface area contributed by atoms with E-state index in [9.17, 15) is 4.39 Å². The molecule has 0 saturated heterocycles. The Morgan fingerprint density at radius 1 is 1.25 bits per heavy atom. The van der Waals surface area contributed by atoms with Crippen molar-refractivity contribution in [1.82, 2.24) is 15.0 Å². The van der Waals surface area contributed by atoms with Gasteiger partial charge >= 0.3 is 0 Å². The molecule has 0 spiro atoms. The van der Waals surface area contributed by atoms with Crippen LogP contribution in [0.25, 0.3) is 21.5 Å². The smallest absolute Gasteiger partial charge is 0.223 e. The van der Waals surface area contributed by atoms with Gasteiger partial charge < -0.3 is 4.90 Å². The molecular weight excluding hydrogens is 299 g/mol. The minimum atomic E-state index is -0.494. The first-order valence-corrected chi connectivity index (χ1v) is 7.00. The van der Waals surface area contributed by atoms with Crippen molar-refractivity contribution >= 4 is 38.3 Å². The van der Waals surface area contributed by atoms with E-state index in [4.69, 9.17) is 11.6 Å². The second-order valence-corrected chi connectivity index (χ2v) is 5.76. The fourth-order valence-corrected chi connectivity index (χ4v) is 2.86. The van der Waals surface area contributed by atoms with Gasteiger partial charge in [0, 0.05) is 19.7 Å². The van der Waals surface area contributed by atoms with Crippen molar-refractivity contribution in [3.8, 4) is 11.3 Å². The van der Waals surface area contributed by atoms with Crippen molar-refractivity contribution in [2.24, 2.45) is 0 Å². The Labute approximate surface area is 123 Å². The summed E-state index contributed by atoms with van der Waals surface area (Å²) in [6, 6.07) is 5.49. The number of fused-ring (bicyclic) bond motifs is 1. The summed E-state index contributed by atoms with van der Waals surface area (Å²) in [7, 11) is 3.87. The maximum Gasteiger partial charge on any atom is 0.223 e. The van der Waals surface area contributed by atoms with Gasteiger partial charge in [-0.25, -0.2) is 19.3 Å². The summed E-state index contributed by atoms with van der Waals surface area (Å²) in [5, 5.41) is 0.929. The average molecular weight is 309 g/mol. The molecule has 0 aliphatic heterocycles. The number of hydrogen-bond donors (Lipinski definition) is 0. The van der Waals surface area contributed by atoms with Gasteiger partial charge in [-0.05, 0) is 23.7 Å². The first-order chi connectivity index (χ1) is 9.54. The number of anilines is 1. The summed E-state index contributed by atoms with van der Waals surface area (Å²) in [5.41, 5.74) is 1.74. The SMILES string of the molecule is CN(C)c1nc2ccc(-c3nc(Cl)ncc3F)cc2s1. The number of hydrogen-bond acceptors (Lipinski definition) is 5. The zero-order valence-electron chi connectivity index (χ0n) is 10.8. The van der Waals surface area contributed by atoms with Crippen LogP contribution in [0, 0.1) is 5.82 Å². The molecule has 0 saturated carbocycles. The summed E-state index contributed by atoms with van der Waals surface area (Å²) in [5.74, 6) is -0.494. The third-order valence-electron chi connectivity index (χ3n) is 2.75. The molecule has 2 aromatic heterocycles. The highest BCUT2D eigenvalue weighted by atomic mass is 35.5. The topological polar surface area (TPSA) is 41.9 Å². The maximum absolute atomic E-state index is 13.8. The lowest BCUT2D eigenvalue weighted by molar-refractivity contribution is 0.618. The van der Waals surface area contributed by atoms with Gasteiger partial charge in [0.25, 0.3) is 0 Å². The largest absolute Gasteiger partial charge is 0.354 e. The molecule has 0 atom stereocenters. The summed E-state index contributed by atoms with van der Waals surface area (Å²) >= 11 is 7.27. The van der Waals surface area contributed by atoms with Crippen LogP contribution in [0.5, 0.6) is 0 Å². The predicted molar refractivity (Wildman–Crippen MR) is 79.9 cm³/mol. The van der Waals surface area contributed by atoms with Gasteiger partial charge in [0.1, 0.15) is 5.69 Å². The third-order valence-corrected chi connectivity index (χ3v) is 4.12. The highest BCUT2D eigenvalue weighted by Gasteiger charge is 2.11. The number of rotatable bonds is 2. The Morgan fingerprint density at radius 3 is 2.80 bits per heavy atom. The van der Waals surface area contributed by atoms with E-state index < -0.39 is 5.82 Å². The summed E-state index contributed by atoms with van der Waals surface area (Å²) in [6.07, 6.45) is 1.08. The molecule has 3 rings (SSSR count). The van der Waals surface area contributed by atoms with Gasteiger partial charge in [0.15, 0.2) is 10.9 Å². The lowest BCUT2D eigenvalue weighted by Crippen LogP contribution is -2.07. The Bertz CT molecular complexity index is 787. The number of aromatic nitrogens is 3. The van der Waals surface area contributed by atoms with Crippen LogP contribution < -0.4 is 4.90 Å². The molecule has 0 aliphatic rings. The Kier molecular flexibility index (Phi) is 3.27. The van der Waals surface area contributed by atoms with Gasteiger partial charge in [0.2, 0.25) is 5.28 Å². The minimum absolute atomic E-state index is 0.0276. The monoisotopic (exact) mass is 308 g/mol. The van der Waals surface area contributed by atoms with Crippen LogP contribution in [0.3, 0.4) is 0 Å². The molecule has 2 heterocycles. The Balaban J connectivity index is 2.15. The molecule has 0 amide bonds. The van der Waals surface area contributed by atoms with Crippen LogP contribution in [-0.2, 0) is 0 Å². The van der Waals surface area contributed by atoms with E-state index in [2.05, 4.69) is 15.0 Å². The lowest BCUT2D eigenvalue weighted by atomic mass is 10.1. The second kappa shape index (κ2) is 4.96. The van der Waals surface area contributed by atoms with Gasteiger partial charge in [-0.15, -0.1) is 0 Å². The third kappa shape index (κ3) is 2.32. The van der Waals surface area contributed by atoms with Crippen molar-refractivity contribution in [3.63, 3.8) is 0 Å². The molecule has 0 radical (unpaired) electrons. The summed E-state index contributed by atoms with van der Waals surface area (Å²) < 4.78 is 14.8. The molecule has 0 aliphatic carbocycles. The zero-order valence-corrected chi connectivity index (χ0v) is 12.3. The molecule has 102 valence electrons. The van der Waals surface area contributed by atoms with Crippen LogP contribution in [-0.4, -0.2) is 29.0 Å². The predicted octanol–water partition coefficient (Wildman–Crippen LogP) is 3.61. The van der Waals surface area contributed by atoms with E-state index in [1.54, 1.807) is 17.4 Å². The molecule has 0 unspecified atom stereocenters. The summed E-state index contributed by atoms with van der Waals surface area (Å²) in [6.45, 7) is 0. The molecule has 0 bridgehead atoms. The number of halogens is 2. The van der Waals surface area contributed by atoms with Crippen LogP contribution in [0.15, 0.2) is 24.4 Å². The average Bonchev–Trinajstić information content (AvgIpc) is 2.84. The Morgan fingerprint density at radius 2 is 2.05 bits per heavy atom. The first kappa shape index (κ1) is 13.2. The van der Waals surface area contributed by atoms with E-state index in [0.717, 1.165) is 21.5 Å². The molecule has 4 nitrogen and oxygen atoms in total. The molecular formula is C13H10ClFN4S. The van der Waals surface area contributed by atoms with Crippen LogP contribution in [0.2, 0.25) is 5.28 Å². The fourth-order valence-electron chi connectivity index (χ4n) is 1.80. The molecule has 20 heavy (non-hydrogen) atoms. The van der Waals surface area contributed by atoms with Crippen LogP contribution >= 0.6 is 22.9 Å². The Hall–Kier alpha value is -1.79. The van der Waals surface area contributed by atoms with Crippen molar-refractivity contribution in [3.05, 3.63) is 35.5 Å². The first-order valence-electron chi connectivity index (χ1n) is 5.81. The molecule has 1 aromatic carbocycles. The van der Waals surface area contributed by atoms with Gasteiger partial charge in [0.05, 0.1) is 16.4 Å². The van der Waals surface area contributed by atoms with Crippen molar-refractivity contribution in [1.29, 1.82) is 0 Å². The van der Waals surface area contributed by atoms with E-state index in [0.29, 0.717) is 5.56 Å². The minimum Gasteiger partial charge on any atom is -0.354 e. The maximum atomic E-state index is 13.8. The van der Waals surface area contributed by atoms with Gasteiger partial charge in [-0.1, -0.05) is 17.4 Å². The standard InChI is InChI=1S/C13H10ClFN4S/c1-19(2)13-17-9-4-3-7(5-10(9)20-13)11-8(15)6-16-12(14)18-11/h3-6H,1-2H3. The van der Waals surface area contributed by atoms with E-state index >= 15 is 0 Å². The normalized spacial score (nSPS) is 11.0. The summed E-state index contributed by atoms with van der Waals surface area (Å²) in [4.78, 5) is 14.0. The quantitative estimate of drug-likeness (QED) is 0.678. The molecule has 7 heteroatoms. The molecule has 3 aromatic rings. The second-order valence-electron chi connectivity index (χ2n) is 4.41. The highest BCUT2D eigenvalue weighted by molar-refractivity contribution is 7.22. The lowest BCUT2D eigenvalue weighted by Gasteiger charge is -2.04. The van der Waals surface area contributed by atoms with E-state index in [1.165, 1.54) is 0 Å². The van der Waals surface area contributed by atoms with E-state index in [1.807, 2.05) is 31.1 Å². The fraction of sp³-hybridized carbons (Fsp3) is 0.154. The number of nitrogens with zero attached hydrogens (tertiary/aromatic N) is 4. The number of thiazole rings is 1. The van der Waals surface area contributed by atoms with Crippen molar-refractivity contribution in [2.45, 2.75) is 0 Å². The van der Waals surface area contributed by atoms with Crippen molar-refractivity contribution < 1.29 is 4.39 Å². The van der Waals surface area contributed by atoms with Crippen LogP contribution in [0.4, 0.5) is 9.52 Å². The number of benzene rings is 1. The highest BCUT2D eigenvalue weighted by Crippen LogP contribution is 2.31. The van der Waals surface area contributed by atoms with Crippen molar-refractivity contribution in [2.75, 3.05) is 19.0 Å². The van der Waals surface area contributed by atoms with Gasteiger partial charge in [-0.3, -0.25) is 0 Å².